The van der Waals surface area contributed by atoms with Gasteiger partial charge in [-0.25, -0.2) is 9.59 Å². The van der Waals surface area contributed by atoms with E-state index >= 15 is 0 Å². The van der Waals surface area contributed by atoms with Gasteiger partial charge < -0.3 is 35.1 Å². The Morgan fingerprint density at radius 3 is 2.29 bits per heavy atom. The molecule has 6 unspecified atom stereocenters. The minimum atomic E-state index is -0.813. The zero-order valence-corrected chi connectivity index (χ0v) is 25.8. The summed E-state index contributed by atoms with van der Waals surface area (Å²) in [5, 5.41) is 25.1. The molecule has 2 heterocycles. The van der Waals surface area contributed by atoms with Gasteiger partial charge in [-0.2, -0.15) is 0 Å². The van der Waals surface area contributed by atoms with Gasteiger partial charge in [-0.05, 0) is 28.7 Å². The van der Waals surface area contributed by atoms with E-state index in [1.807, 2.05) is 78.9 Å². The van der Waals surface area contributed by atoms with Crippen LogP contribution in [0.15, 0.2) is 78.9 Å². The van der Waals surface area contributed by atoms with Crippen LogP contribution in [0.25, 0.3) is 0 Å². The van der Waals surface area contributed by atoms with Crippen LogP contribution < -0.4 is 10.6 Å². The quantitative estimate of drug-likeness (QED) is 0.240. The Bertz CT molecular complexity index is 1390. The molecule has 45 heavy (non-hydrogen) atoms. The number of likely N-dealkylation sites (tertiary alicyclic amines) is 1. The first-order chi connectivity index (χ1) is 21.8. The van der Waals surface area contributed by atoms with Crippen molar-refractivity contribution in [2.24, 2.45) is 5.92 Å². The van der Waals surface area contributed by atoms with E-state index in [0.717, 1.165) is 40.8 Å². The summed E-state index contributed by atoms with van der Waals surface area (Å²) >= 11 is 0. The summed E-state index contributed by atoms with van der Waals surface area (Å²) in [5.41, 5.74) is 4.49. The van der Waals surface area contributed by atoms with E-state index in [1.54, 1.807) is 0 Å². The predicted molar refractivity (Wildman–Crippen MR) is 168 cm³/mol. The molecule has 2 fully saturated rings. The number of esters is 1. The smallest absolute Gasteiger partial charge is 0.328 e. The van der Waals surface area contributed by atoms with E-state index in [9.17, 15) is 19.8 Å². The van der Waals surface area contributed by atoms with Crippen LogP contribution in [-0.4, -0.2) is 72.1 Å². The second kappa shape index (κ2) is 15.5. The van der Waals surface area contributed by atoms with Gasteiger partial charge in [0.25, 0.3) is 0 Å². The van der Waals surface area contributed by atoms with E-state index in [-0.39, 0.29) is 37.4 Å². The molecule has 0 aliphatic carbocycles. The van der Waals surface area contributed by atoms with Crippen LogP contribution in [0.5, 0.6) is 0 Å². The molecule has 0 radical (unpaired) electrons. The molecule has 5 rings (SSSR count). The number of aliphatic hydroxyl groups excluding tert-OH is 2. The maximum Gasteiger partial charge on any atom is 0.328 e. The number of methoxy groups -OCH3 is 1. The van der Waals surface area contributed by atoms with Gasteiger partial charge in [0.15, 0.2) is 6.29 Å². The highest BCUT2D eigenvalue weighted by Crippen LogP contribution is 2.42. The number of hydrogen-bond donors (Lipinski definition) is 4. The lowest BCUT2D eigenvalue weighted by Gasteiger charge is -2.42. The van der Waals surface area contributed by atoms with Gasteiger partial charge in [0.05, 0.1) is 32.0 Å². The van der Waals surface area contributed by atoms with E-state index in [2.05, 4.69) is 22.5 Å². The van der Waals surface area contributed by atoms with Gasteiger partial charge in [-0.15, -0.1) is 0 Å². The number of urea groups is 1. The number of β-amino-alcohol motifs (C(OH)–C–C–N with tert-alkyl or cyclic N) is 1. The SMILES string of the molecule is COC(=O)C(Cc1ccccc1)NC(=O)NCc1ccc(C2OC(CN3CCC(O)C3)C(C)C(c3ccc(CO)cc3)O2)cc1. The van der Waals surface area contributed by atoms with Crippen molar-refractivity contribution in [3.8, 4) is 0 Å². The fourth-order valence-corrected chi connectivity index (χ4v) is 5.93. The number of rotatable bonds is 11. The Morgan fingerprint density at radius 1 is 0.956 bits per heavy atom. The second-order valence-electron chi connectivity index (χ2n) is 11.9. The summed E-state index contributed by atoms with van der Waals surface area (Å²) in [5.74, 6) is -0.460. The molecule has 3 aromatic rings. The summed E-state index contributed by atoms with van der Waals surface area (Å²) in [6.07, 6.45) is -0.182. The first kappa shape index (κ1) is 32.6. The molecule has 0 bridgehead atoms. The van der Waals surface area contributed by atoms with Crippen LogP contribution in [0.2, 0.25) is 0 Å². The molecule has 0 spiro atoms. The van der Waals surface area contributed by atoms with Crippen LogP contribution in [0.1, 0.15) is 53.6 Å². The van der Waals surface area contributed by atoms with Gasteiger partial charge in [-0.1, -0.05) is 85.8 Å². The van der Waals surface area contributed by atoms with E-state index in [4.69, 9.17) is 14.2 Å². The van der Waals surface area contributed by atoms with Crippen molar-refractivity contribution in [1.29, 1.82) is 0 Å². The third-order valence-electron chi connectivity index (χ3n) is 8.59. The predicted octanol–water partition coefficient (Wildman–Crippen LogP) is 3.62. The molecule has 2 amide bonds. The molecular weight excluding hydrogens is 574 g/mol. The third kappa shape index (κ3) is 8.68. The standard InChI is InChI=1S/C35H43N3O7/c1-23-31(21-38-17-16-29(40)20-38)44-34(45-32(23)27-12-10-26(22-39)11-13-27)28-14-8-25(9-15-28)19-36-35(42)37-30(33(41)43-2)18-24-6-4-3-5-7-24/h3-15,23,29-32,34,39-40H,16-22H2,1-2H3,(H2,36,37,42). The van der Waals surface area contributed by atoms with Gasteiger partial charge >= 0.3 is 12.0 Å². The Hall–Kier alpha value is -3.80. The van der Waals surface area contributed by atoms with Gasteiger partial charge in [0.1, 0.15) is 6.04 Å². The zero-order chi connectivity index (χ0) is 31.8. The summed E-state index contributed by atoms with van der Waals surface area (Å²) < 4.78 is 18.0. The molecule has 2 aliphatic heterocycles. The lowest BCUT2D eigenvalue weighted by atomic mass is 9.90. The normalized spacial score (nSPS) is 24.1. The average Bonchev–Trinajstić information content (AvgIpc) is 3.49. The molecule has 2 aliphatic rings. The number of benzene rings is 3. The molecule has 6 atom stereocenters. The highest BCUT2D eigenvalue weighted by Gasteiger charge is 2.39. The molecule has 240 valence electrons. The monoisotopic (exact) mass is 617 g/mol. The first-order valence-electron chi connectivity index (χ1n) is 15.5. The van der Waals surface area contributed by atoms with Crippen molar-refractivity contribution >= 4 is 12.0 Å². The van der Waals surface area contributed by atoms with Crippen molar-refractivity contribution < 1.29 is 34.0 Å². The molecule has 3 aromatic carbocycles. The molecule has 0 saturated carbocycles. The highest BCUT2D eigenvalue weighted by molar-refractivity contribution is 5.83. The first-order valence-corrected chi connectivity index (χ1v) is 15.5. The number of hydrogen-bond acceptors (Lipinski definition) is 8. The molecule has 4 N–H and O–H groups in total. The van der Waals surface area contributed by atoms with Gasteiger partial charge in [-0.3, -0.25) is 4.90 Å². The van der Waals surface area contributed by atoms with E-state index < -0.39 is 24.3 Å². The summed E-state index contributed by atoms with van der Waals surface area (Å²) in [4.78, 5) is 27.2. The molecule has 0 aromatic heterocycles. The van der Waals surface area contributed by atoms with Crippen LogP contribution in [0.4, 0.5) is 4.79 Å². The topological polar surface area (TPSA) is 130 Å². The second-order valence-corrected chi connectivity index (χ2v) is 11.9. The van der Waals surface area contributed by atoms with Gasteiger partial charge in [0, 0.05) is 44.1 Å². The number of amides is 2. The van der Waals surface area contributed by atoms with Crippen molar-refractivity contribution in [2.75, 3.05) is 26.7 Å². The number of ether oxygens (including phenoxy) is 3. The lowest BCUT2D eigenvalue weighted by molar-refractivity contribution is -0.276. The lowest BCUT2D eigenvalue weighted by Crippen LogP contribution is -2.47. The van der Waals surface area contributed by atoms with Crippen LogP contribution in [-0.2, 0) is 38.6 Å². The van der Waals surface area contributed by atoms with Crippen LogP contribution in [0, 0.1) is 5.92 Å². The highest BCUT2D eigenvalue weighted by atomic mass is 16.7. The number of nitrogens with one attached hydrogen (secondary N) is 2. The largest absolute Gasteiger partial charge is 0.467 e. The van der Waals surface area contributed by atoms with Crippen molar-refractivity contribution in [3.05, 3.63) is 107 Å². The fourth-order valence-electron chi connectivity index (χ4n) is 5.93. The third-order valence-corrected chi connectivity index (χ3v) is 8.59. The Kier molecular flexibility index (Phi) is 11.2. The number of aliphatic hydroxyl groups is 2. The summed E-state index contributed by atoms with van der Waals surface area (Å²) in [6, 6.07) is 23.7. The molecule has 10 nitrogen and oxygen atoms in total. The molecular formula is C35H43N3O7. The number of carbonyl (C=O) groups is 2. The summed E-state index contributed by atoms with van der Waals surface area (Å²) in [6.45, 7) is 4.52. The van der Waals surface area contributed by atoms with E-state index in [1.165, 1.54) is 7.11 Å². The number of nitrogens with zero attached hydrogens (tertiary/aromatic N) is 1. The number of carbonyl (C=O) groups excluding carboxylic acids is 2. The molecule has 10 heteroatoms. The van der Waals surface area contributed by atoms with Gasteiger partial charge in [0.2, 0.25) is 0 Å². The minimum Gasteiger partial charge on any atom is -0.467 e. The van der Waals surface area contributed by atoms with Crippen molar-refractivity contribution in [1.82, 2.24) is 15.5 Å². The maximum absolute atomic E-state index is 12.7. The Morgan fingerprint density at radius 2 is 1.64 bits per heavy atom. The van der Waals surface area contributed by atoms with Crippen molar-refractivity contribution in [2.45, 2.75) is 63.6 Å². The van der Waals surface area contributed by atoms with Crippen LogP contribution in [0.3, 0.4) is 0 Å². The van der Waals surface area contributed by atoms with Crippen LogP contribution >= 0.6 is 0 Å². The fraction of sp³-hybridized carbons (Fsp3) is 0.429. The average molecular weight is 618 g/mol. The summed E-state index contributed by atoms with van der Waals surface area (Å²) in [7, 11) is 1.30. The Balaban J connectivity index is 1.23. The van der Waals surface area contributed by atoms with Crippen molar-refractivity contribution in [3.63, 3.8) is 0 Å². The Labute approximate surface area is 264 Å². The van der Waals surface area contributed by atoms with E-state index in [0.29, 0.717) is 19.5 Å². The zero-order valence-electron chi connectivity index (χ0n) is 25.8. The molecule has 2 saturated heterocycles. The minimum absolute atomic E-state index is 0.0184. The maximum atomic E-state index is 12.7.